The Morgan fingerprint density at radius 3 is 2.50 bits per heavy atom. The molecule has 0 saturated heterocycles. The van der Waals surface area contributed by atoms with E-state index in [1.54, 1.807) is 0 Å². The van der Waals surface area contributed by atoms with Crippen LogP contribution < -0.4 is 4.74 Å². The molecular weight excluding hydrogens is 208 g/mol. The maximum absolute atomic E-state index is 10.5. The van der Waals surface area contributed by atoms with Gasteiger partial charge >= 0.3 is 0 Å². The van der Waals surface area contributed by atoms with E-state index in [0.29, 0.717) is 5.56 Å². The number of methoxy groups -OCH3 is 1. The second-order valence-corrected chi connectivity index (χ2v) is 4.18. The number of benzene rings is 1. The van der Waals surface area contributed by atoms with Crippen molar-refractivity contribution in [2.24, 2.45) is 0 Å². The Balaban J connectivity index is 2.98. The summed E-state index contributed by atoms with van der Waals surface area (Å²) in [5, 5.41) is 9.29. The highest BCUT2D eigenvalue weighted by Crippen LogP contribution is 2.26. The zero-order valence-corrected chi connectivity index (χ0v) is 8.28. The zero-order chi connectivity index (χ0) is 10.8. The van der Waals surface area contributed by atoms with Gasteiger partial charge in [0, 0.05) is 0 Å². The van der Waals surface area contributed by atoms with Gasteiger partial charge in [0.25, 0.3) is 10.1 Å². The summed E-state index contributed by atoms with van der Waals surface area (Å²) >= 11 is 0. The number of rotatable bonds is 3. The molecule has 0 spiro atoms. The molecule has 0 radical (unpaired) electrons. The van der Waals surface area contributed by atoms with Crippen molar-refractivity contribution < 1.29 is 22.8 Å². The quantitative estimate of drug-likeness (QED) is 0.733. The highest BCUT2D eigenvalue weighted by atomic mass is 32.2. The molecule has 0 aromatic heterocycles. The fourth-order valence-corrected chi connectivity index (χ4v) is 1.64. The molecule has 0 fully saturated rings. The molecule has 0 aliphatic rings. The smallest absolute Gasteiger partial charge is 0.269 e. The second-order valence-electron chi connectivity index (χ2n) is 2.73. The third-order valence-electron chi connectivity index (χ3n) is 1.59. The van der Waals surface area contributed by atoms with Gasteiger partial charge in [-0.05, 0) is 17.7 Å². The molecule has 0 saturated carbocycles. The van der Waals surface area contributed by atoms with Crippen LogP contribution >= 0.6 is 0 Å². The SMILES string of the molecule is COc1ccc(CS(=O)(=O)O)cc1O. The third kappa shape index (κ3) is 2.90. The summed E-state index contributed by atoms with van der Waals surface area (Å²) in [6.45, 7) is 0. The Kier molecular flexibility index (Phi) is 2.97. The average Bonchev–Trinajstić information content (AvgIpc) is 2.01. The lowest BCUT2D eigenvalue weighted by atomic mass is 10.2. The van der Waals surface area contributed by atoms with E-state index in [9.17, 15) is 13.5 Å². The molecule has 0 aliphatic heterocycles. The van der Waals surface area contributed by atoms with Gasteiger partial charge in [0.15, 0.2) is 11.5 Å². The minimum absolute atomic E-state index is 0.159. The second kappa shape index (κ2) is 3.85. The van der Waals surface area contributed by atoms with Gasteiger partial charge in [-0.25, -0.2) is 0 Å². The predicted octanol–water partition coefficient (Wildman–Crippen LogP) is 0.789. The van der Waals surface area contributed by atoms with Gasteiger partial charge in [-0.2, -0.15) is 8.42 Å². The summed E-state index contributed by atoms with van der Waals surface area (Å²) in [4.78, 5) is 0. The molecule has 1 aromatic carbocycles. The van der Waals surface area contributed by atoms with Gasteiger partial charge < -0.3 is 9.84 Å². The summed E-state index contributed by atoms with van der Waals surface area (Å²) in [6.07, 6.45) is 0. The van der Waals surface area contributed by atoms with Crippen LogP contribution in [0.25, 0.3) is 0 Å². The van der Waals surface area contributed by atoms with E-state index >= 15 is 0 Å². The Morgan fingerprint density at radius 2 is 2.07 bits per heavy atom. The first-order valence-electron chi connectivity index (χ1n) is 3.73. The molecule has 2 N–H and O–H groups in total. The van der Waals surface area contributed by atoms with Gasteiger partial charge in [0.2, 0.25) is 0 Å². The van der Waals surface area contributed by atoms with Crippen molar-refractivity contribution in [1.29, 1.82) is 0 Å². The lowest BCUT2D eigenvalue weighted by Crippen LogP contribution is -2.01. The lowest BCUT2D eigenvalue weighted by molar-refractivity contribution is 0.373. The molecule has 0 bridgehead atoms. The standard InChI is InChI=1S/C8H10O5S/c1-13-8-3-2-6(4-7(8)9)5-14(10,11)12/h2-4,9H,5H2,1H3,(H,10,11,12). The summed E-state index contributed by atoms with van der Waals surface area (Å²) in [5.74, 6) is -0.428. The zero-order valence-electron chi connectivity index (χ0n) is 7.47. The van der Waals surface area contributed by atoms with Crippen LogP contribution in [0.4, 0.5) is 0 Å². The first kappa shape index (κ1) is 10.8. The van der Waals surface area contributed by atoms with Crippen LogP contribution in [0.1, 0.15) is 5.56 Å². The topological polar surface area (TPSA) is 83.8 Å². The van der Waals surface area contributed by atoms with E-state index in [1.165, 1.54) is 25.3 Å². The lowest BCUT2D eigenvalue weighted by Gasteiger charge is -2.04. The van der Waals surface area contributed by atoms with E-state index in [0.717, 1.165) is 0 Å². The summed E-state index contributed by atoms with van der Waals surface area (Å²) < 4.78 is 34.3. The number of phenolic OH excluding ortho intramolecular Hbond substituents is 1. The maximum atomic E-state index is 10.5. The highest BCUT2D eigenvalue weighted by molar-refractivity contribution is 7.85. The van der Waals surface area contributed by atoms with Crippen molar-refractivity contribution in [2.45, 2.75) is 5.75 Å². The summed E-state index contributed by atoms with van der Waals surface area (Å²) in [7, 11) is -2.68. The molecule has 1 aromatic rings. The van der Waals surface area contributed by atoms with E-state index in [2.05, 4.69) is 0 Å². The fraction of sp³-hybridized carbons (Fsp3) is 0.250. The summed E-state index contributed by atoms with van der Waals surface area (Å²) in [6, 6.07) is 4.11. The molecule has 1 rings (SSSR count). The van der Waals surface area contributed by atoms with Gasteiger partial charge in [-0.1, -0.05) is 6.07 Å². The van der Waals surface area contributed by atoms with E-state index in [-0.39, 0.29) is 11.5 Å². The average molecular weight is 218 g/mol. The van der Waals surface area contributed by atoms with Crippen molar-refractivity contribution in [3.63, 3.8) is 0 Å². The molecule has 14 heavy (non-hydrogen) atoms. The van der Waals surface area contributed by atoms with Crippen LogP contribution in [0.15, 0.2) is 18.2 Å². The van der Waals surface area contributed by atoms with Crippen LogP contribution in [-0.2, 0) is 15.9 Å². The predicted molar refractivity (Wildman–Crippen MR) is 49.9 cm³/mol. The fourth-order valence-electron chi connectivity index (χ4n) is 1.04. The molecule has 0 unspecified atom stereocenters. The Morgan fingerprint density at radius 1 is 1.43 bits per heavy atom. The first-order valence-corrected chi connectivity index (χ1v) is 5.34. The van der Waals surface area contributed by atoms with Gasteiger partial charge in [-0.15, -0.1) is 0 Å². The molecule has 5 nitrogen and oxygen atoms in total. The van der Waals surface area contributed by atoms with Crippen molar-refractivity contribution >= 4 is 10.1 Å². The Bertz CT molecular complexity index is 423. The van der Waals surface area contributed by atoms with E-state index < -0.39 is 15.9 Å². The number of hydrogen-bond acceptors (Lipinski definition) is 4. The van der Waals surface area contributed by atoms with Crippen LogP contribution in [0.2, 0.25) is 0 Å². The molecule has 0 heterocycles. The van der Waals surface area contributed by atoms with E-state index in [4.69, 9.17) is 9.29 Å². The number of hydrogen-bond donors (Lipinski definition) is 2. The van der Waals surface area contributed by atoms with E-state index in [1.807, 2.05) is 0 Å². The van der Waals surface area contributed by atoms with Gasteiger partial charge in [0.05, 0.1) is 7.11 Å². The Labute approximate surface area is 81.7 Å². The van der Waals surface area contributed by atoms with Crippen LogP contribution in [0.3, 0.4) is 0 Å². The van der Waals surface area contributed by atoms with Crippen molar-refractivity contribution in [1.82, 2.24) is 0 Å². The minimum Gasteiger partial charge on any atom is -0.504 e. The molecule has 0 amide bonds. The molecular formula is C8H10O5S. The Hall–Kier alpha value is -1.27. The third-order valence-corrected chi connectivity index (χ3v) is 2.29. The van der Waals surface area contributed by atoms with Gasteiger partial charge in [0.1, 0.15) is 5.75 Å². The maximum Gasteiger partial charge on any atom is 0.269 e. The molecule has 0 aliphatic carbocycles. The van der Waals surface area contributed by atoms with Crippen molar-refractivity contribution in [3.8, 4) is 11.5 Å². The monoisotopic (exact) mass is 218 g/mol. The van der Waals surface area contributed by atoms with Crippen LogP contribution in [-0.4, -0.2) is 25.2 Å². The van der Waals surface area contributed by atoms with Crippen LogP contribution in [0, 0.1) is 0 Å². The molecule has 6 heteroatoms. The van der Waals surface area contributed by atoms with Crippen molar-refractivity contribution in [2.75, 3.05) is 7.11 Å². The van der Waals surface area contributed by atoms with Crippen molar-refractivity contribution in [3.05, 3.63) is 23.8 Å². The normalized spacial score (nSPS) is 11.3. The summed E-state index contributed by atoms with van der Waals surface area (Å²) in [5.41, 5.74) is 0.297. The molecule has 0 atom stereocenters. The first-order chi connectivity index (χ1) is 6.42. The largest absolute Gasteiger partial charge is 0.504 e. The number of aromatic hydroxyl groups is 1. The minimum atomic E-state index is -4.07. The highest BCUT2D eigenvalue weighted by Gasteiger charge is 2.09. The number of ether oxygens (including phenoxy) is 1. The number of phenols is 1. The van der Waals surface area contributed by atoms with Crippen LogP contribution in [0.5, 0.6) is 11.5 Å². The molecule has 78 valence electrons. The van der Waals surface area contributed by atoms with Gasteiger partial charge in [-0.3, -0.25) is 4.55 Å².